The lowest BCUT2D eigenvalue weighted by Gasteiger charge is -2.23. The average Bonchev–Trinajstić information content (AvgIpc) is 2.91. The van der Waals surface area contributed by atoms with Gasteiger partial charge in [-0.3, -0.25) is 4.79 Å². The van der Waals surface area contributed by atoms with Crippen LogP contribution in [0.2, 0.25) is 0 Å². The molecule has 1 heterocycles. The Morgan fingerprint density at radius 3 is 2.60 bits per heavy atom. The topological polar surface area (TPSA) is 67.2 Å². The Morgan fingerprint density at radius 1 is 1.20 bits per heavy atom. The predicted molar refractivity (Wildman–Crippen MR) is 97.9 cm³/mol. The molecular weight excluding hydrogens is 314 g/mol. The number of imidazole rings is 1. The number of carbonyl (C=O) groups excluding carboxylic acids is 1. The van der Waals surface area contributed by atoms with Gasteiger partial charge in [0.1, 0.15) is 5.82 Å². The maximum atomic E-state index is 12.3. The number of aromatic nitrogens is 2. The van der Waals surface area contributed by atoms with Crippen LogP contribution in [0.1, 0.15) is 30.3 Å². The molecule has 25 heavy (non-hydrogen) atoms. The smallest absolute Gasteiger partial charge is 0.223 e. The highest BCUT2D eigenvalue weighted by Gasteiger charge is 2.26. The van der Waals surface area contributed by atoms with Crippen molar-refractivity contribution in [3.05, 3.63) is 65.5 Å². The van der Waals surface area contributed by atoms with E-state index >= 15 is 0 Å². The van der Waals surface area contributed by atoms with Gasteiger partial charge in [0.15, 0.2) is 0 Å². The molecule has 3 rings (SSSR count). The van der Waals surface area contributed by atoms with Crippen LogP contribution in [-0.2, 0) is 24.0 Å². The summed E-state index contributed by atoms with van der Waals surface area (Å²) in [6, 6.07) is 15.2. The molecule has 130 valence electrons. The quantitative estimate of drug-likeness (QED) is 0.752. The summed E-state index contributed by atoms with van der Waals surface area (Å²) in [4.78, 5) is 16.9. The Hall–Kier alpha value is -2.66. The van der Waals surface area contributed by atoms with E-state index < -0.39 is 5.60 Å². The molecule has 2 N–H and O–H groups in total. The van der Waals surface area contributed by atoms with Crippen molar-refractivity contribution in [3.63, 3.8) is 0 Å². The van der Waals surface area contributed by atoms with Crippen molar-refractivity contribution in [2.45, 2.75) is 32.4 Å². The maximum absolute atomic E-state index is 12.3. The van der Waals surface area contributed by atoms with E-state index in [0.717, 1.165) is 28.0 Å². The van der Waals surface area contributed by atoms with Gasteiger partial charge in [-0.15, -0.1) is 0 Å². The number of rotatable bonds is 5. The van der Waals surface area contributed by atoms with E-state index in [0.29, 0.717) is 6.54 Å². The van der Waals surface area contributed by atoms with Gasteiger partial charge in [0.05, 0.1) is 29.6 Å². The Kier molecular flexibility index (Phi) is 4.59. The highest BCUT2D eigenvalue weighted by molar-refractivity contribution is 5.80. The molecule has 1 aromatic heterocycles. The summed E-state index contributed by atoms with van der Waals surface area (Å²) in [5.74, 6) is 0.578. The molecule has 5 heteroatoms. The average molecular weight is 337 g/mol. The van der Waals surface area contributed by atoms with E-state index in [9.17, 15) is 9.90 Å². The van der Waals surface area contributed by atoms with Gasteiger partial charge >= 0.3 is 0 Å². The lowest BCUT2D eigenvalue weighted by Crippen LogP contribution is -2.33. The number of nitrogens with one attached hydrogen (secondary N) is 1. The van der Waals surface area contributed by atoms with E-state index in [-0.39, 0.29) is 12.3 Å². The molecule has 1 amide bonds. The monoisotopic (exact) mass is 337 g/mol. The summed E-state index contributed by atoms with van der Waals surface area (Å²) in [6.07, 6.45) is -0.0000161. The molecule has 0 bridgehead atoms. The highest BCUT2D eigenvalue weighted by atomic mass is 16.3. The van der Waals surface area contributed by atoms with E-state index in [1.807, 2.05) is 67.1 Å². The van der Waals surface area contributed by atoms with E-state index in [4.69, 9.17) is 0 Å². The van der Waals surface area contributed by atoms with Crippen LogP contribution in [0.15, 0.2) is 48.5 Å². The van der Waals surface area contributed by atoms with Gasteiger partial charge in [0.25, 0.3) is 0 Å². The number of nitrogens with zero attached hydrogens (tertiary/aromatic N) is 2. The van der Waals surface area contributed by atoms with Crippen molar-refractivity contribution in [3.8, 4) is 0 Å². The summed E-state index contributed by atoms with van der Waals surface area (Å²) in [5.41, 5.74) is 2.67. The number of amides is 1. The van der Waals surface area contributed by atoms with Gasteiger partial charge in [-0.2, -0.15) is 0 Å². The van der Waals surface area contributed by atoms with Crippen molar-refractivity contribution >= 4 is 16.9 Å². The van der Waals surface area contributed by atoms with Crippen LogP contribution in [-0.4, -0.2) is 20.6 Å². The fraction of sp³-hybridized carbons (Fsp3) is 0.300. The van der Waals surface area contributed by atoms with Crippen LogP contribution in [0.4, 0.5) is 0 Å². The third kappa shape index (κ3) is 3.56. The molecule has 0 spiro atoms. The number of hydrogen-bond acceptors (Lipinski definition) is 3. The Morgan fingerprint density at radius 2 is 1.92 bits per heavy atom. The molecule has 0 saturated carbocycles. The second-order valence-electron chi connectivity index (χ2n) is 6.62. The summed E-state index contributed by atoms with van der Waals surface area (Å²) >= 11 is 0. The minimum atomic E-state index is -1.20. The van der Waals surface area contributed by atoms with Crippen LogP contribution in [0, 0.1) is 6.92 Å². The van der Waals surface area contributed by atoms with Crippen molar-refractivity contribution in [1.82, 2.24) is 14.9 Å². The van der Waals surface area contributed by atoms with E-state index in [1.54, 1.807) is 6.92 Å². The molecule has 1 atom stereocenters. The van der Waals surface area contributed by atoms with Crippen LogP contribution < -0.4 is 5.32 Å². The number of benzene rings is 2. The summed E-state index contributed by atoms with van der Waals surface area (Å²) < 4.78 is 2.00. The van der Waals surface area contributed by atoms with Crippen LogP contribution in [0.25, 0.3) is 11.0 Å². The van der Waals surface area contributed by atoms with Gasteiger partial charge in [-0.1, -0.05) is 42.5 Å². The van der Waals surface area contributed by atoms with E-state index in [2.05, 4.69) is 10.3 Å². The summed E-state index contributed by atoms with van der Waals surface area (Å²) in [6.45, 7) is 4.03. The predicted octanol–water partition coefficient (Wildman–Crippen LogP) is 2.80. The molecule has 0 aliphatic heterocycles. The van der Waals surface area contributed by atoms with Crippen molar-refractivity contribution in [2.75, 3.05) is 0 Å². The molecular formula is C20H23N3O2. The maximum Gasteiger partial charge on any atom is 0.223 e. The highest BCUT2D eigenvalue weighted by Crippen LogP contribution is 2.24. The number of aliphatic hydroxyl groups is 1. The lowest BCUT2D eigenvalue weighted by molar-refractivity contribution is -0.126. The molecule has 1 unspecified atom stereocenters. The first kappa shape index (κ1) is 17.2. The number of hydrogen-bond donors (Lipinski definition) is 2. The fourth-order valence-electron chi connectivity index (χ4n) is 3.12. The molecule has 5 nitrogen and oxygen atoms in total. The number of fused-ring (bicyclic) bond motifs is 1. The minimum Gasteiger partial charge on any atom is -0.385 e. The summed E-state index contributed by atoms with van der Waals surface area (Å²) in [7, 11) is 1.95. The molecule has 2 aromatic carbocycles. The largest absolute Gasteiger partial charge is 0.385 e. The number of para-hydroxylation sites is 1. The zero-order valence-electron chi connectivity index (χ0n) is 14.8. The van der Waals surface area contributed by atoms with Gasteiger partial charge < -0.3 is 15.0 Å². The molecule has 0 saturated heterocycles. The normalized spacial score (nSPS) is 13.6. The molecule has 3 aromatic rings. The third-order valence-electron chi connectivity index (χ3n) is 4.53. The van der Waals surface area contributed by atoms with Gasteiger partial charge in [-0.25, -0.2) is 4.98 Å². The third-order valence-corrected chi connectivity index (χ3v) is 4.53. The number of carbonyl (C=O) groups is 1. The first-order chi connectivity index (χ1) is 11.9. The van der Waals surface area contributed by atoms with Crippen molar-refractivity contribution in [2.24, 2.45) is 7.05 Å². The Balaban J connectivity index is 1.69. The fourth-order valence-corrected chi connectivity index (χ4v) is 3.12. The zero-order chi connectivity index (χ0) is 18.0. The van der Waals surface area contributed by atoms with Crippen molar-refractivity contribution < 1.29 is 9.90 Å². The number of aryl methyl sites for hydroxylation is 2. The summed E-state index contributed by atoms with van der Waals surface area (Å²) in [5, 5.41) is 13.4. The van der Waals surface area contributed by atoms with Gasteiger partial charge in [0.2, 0.25) is 5.91 Å². The lowest BCUT2D eigenvalue weighted by atomic mass is 9.92. The molecule has 0 aliphatic rings. The Labute approximate surface area is 147 Å². The van der Waals surface area contributed by atoms with Crippen LogP contribution in [0.5, 0.6) is 0 Å². The minimum absolute atomic E-state index is 0.0000161. The molecule has 0 radical (unpaired) electrons. The first-order valence-corrected chi connectivity index (χ1v) is 8.34. The second-order valence-corrected chi connectivity index (χ2v) is 6.62. The molecule has 0 fully saturated rings. The van der Waals surface area contributed by atoms with E-state index in [1.165, 1.54) is 0 Å². The van der Waals surface area contributed by atoms with Crippen LogP contribution >= 0.6 is 0 Å². The van der Waals surface area contributed by atoms with Gasteiger partial charge in [-0.05, 0) is 31.0 Å². The van der Waals surface area contributed by atoms with Crippen molar-refractivity contribution in [1.29, 1.82) is 0 Å². The van der Waals surface area contributed by atoms with Gasteiger partial charge in [0, 0.05) is 7.05 Å². The Bertz CT molecular complexity index is 898. The second kappa shape index (κ2) is 6.69. The molecule has 0 aliphatic carbocycles. The standard InChI is InChI=1S/C20H23N3O2/c1-14-8-7-11-16-19(14)23(3)17(22-16)13-21-18(24)12-20(2,25)15-9-5-4-6-10-15/h4-11,25H,12-13H2,1-3H3,(H,21,24). The van der Waals surface area contributed by atoms with Crippen LogP contribution in [0.3, 0.4) is 0 Å². The SMILES string of the molecule is Cc1cccc2nc(CNC(=O)CC(C)(O)c3ccccc3)n(C)c12. The first-order valence-electron chi connectivity index (χ1n) is 8.34. The zero-order valence-corrected chi connectivity index (χ0v) is 14.8.